The van der Waals surface area contributed by atoms with E-state index in [1.807, 2.05) is 0 Å². The first-order chi connectivity index (χ1) is 10.1. The molecule has 1 aliphatic carbocycles. The van der Waals surface area contributed by atoms with E-state index in [-0.39, 0.29) is 43.4 Å². The third-order valence-corrected chi connectivity index (χ3v) is 4.05. The second-order valence-corrected chi connectivity index (χ2v) is 5.66. The summed E-state index contributed by atoms with van der Waals surface area (Å²) in [5.74, 6) is -0.461. The lowest BCUT2D eigenvalue weighted by molar-refractivity contribution is -0.134. The van der Waals surface area contributed by atoms with Crippen molar-refractivity contribution in [1.29, 1.82) is 0 Å². The van der Waals surface area contributed by atoms with Crippen molar-refractivity contribution in [2.75, 3.05) is 13.7 Å². The fraction of sp³-hybridized carbons (Fsp3) is 0.533. The van der Waals surface area contributed by atoms with Gasteiger partial charge in [-0.15, -0.1) is 0 Å². The largest absolute Gasteiger partial charge is 0.380 e. The molecular formula is C15H20ClFN2O2. The molecule has 1 fully saturated rings. The number of amides is 1. The van der Waals surface area contributed by atoms with E-state index < -0.39 is 0 Å². The van der Waals surface area contributed by atoms with Crippen LogP contribution in [0.2, 0.25) is 5.02 Å². The minimum absolute atomic E-state index is 0.0749. The predicted octanol–water partition coefficient (Wildman–Crippen LogP) is 2.33. The van der Waals surface area contributed by atoms with Crippen LogP contribution in [0.15, 0.2) is 18.2 Å². The summed E-state index contributed by atoms with van der Waals surface area (Å²) in [7, 11) is 1.53. The molecule has 4 nitrogen and oxygen atoms in total. The Morgan fingerprint density at radius 3 is 2.81 bits per heavy atom. The number of halogens is 2. The maximum Gasteiger partial charge on any atom is 0.225 e. The zero-order valence-corrected chi connectivity index (χ0v) is 12.8. The molecule has 1 aromatic carbocycles. The van der Waals surface area contributed by atoms with Gasteiger partial charge >= 0.3 is 0 Å². The van der Waals surface area contributed by atoms with Crippen molar-refractivity contribution >= 4 is 17.5 Å². The lowest BCUT2D eigenvalue weighted by Gasteiger charge is -2.25. The van der Waals surface area contributed by atoms with Crippen molar-refractivity contribution in [3.05, 3.63) is 34.6 Å². The molecule has 0 aliphatic heterocycles. The fourth-order valence-electron chi connectivity index (χ4n) is 2.24. The van der Waals surface area contributed by atoms with E-state index in [0.717, 1.165) is 12.8 Å². The molecule has 1 saturated carbocycles. The first-order valence-corrected chi connectivity index (χ1v) is 7.39. The smallest absolute Gasteiger partial charge is 0.225 e. The highest BCUT2D eigenvalue weighted by Gasteiger charge is 2.34. The van der Waals surface area contributed by atoms with Gasteiger partial charge in [-0.3, -0.25) is 4.79 Å². The Hall–Kier alpha value is -1.17. The number of hydrogen-bond acceptors (Lipinski definition) is 3. The van der Waals surface area contributed by atoms with Gasteiger partial charge in [0.05, 0.1) is 19.1 Å². The molecule has 6 heteroatoms. The number of nitrogens with zero attached hydrogens (tertiary/aromatic N) is 1. The topological polar surface area (TPSA) is 55.6 Å². The van der Waals surface area contributed by atoms with Gasteiger partial charge in [0.25, 0.3) is 0 Å². The van der Waals surface area contributed by atoms with E-state index in [1.165, 1.54) is 13.2 Å². The Balaban J connectivity index is 2.11. The Labute approximate surface area is 129 Å². The number of rotatable bonds is 7. The summed E-state index contributed by atoms with van der Waals surface area (Å²) in [5, 5.41) is 0.343. The van der Waals surface area contributed by atoms with Crippen LogP contribution in [-0.4, -0.2) is 36.6 Å². The number of carbonyl (C=O) groups is 1. The summed E-state index contributed by atoms with van der Waals surface area (Å²) in [6.45, 7) is 0.469. The minimum atomic E-state index is -0.386. The van der Waals surface area contributed by atoms with E-state index in [0.29, 0.717) is 10.6 Å². The zero-order valence-electron chi connectivity index (χ0n) is 12.0. The molecule has 0 aromatic heterocycles. The highest BCUT2D eigenvalue weighted by molar-refractivity contribution is 6.31. The Kier molecular flexibility index (Phi) is 5.56. The van der Waals surface area contributed by atoms with Crippen molar-refractivity contribution in [2.24, 2.45) is 5.73 Å². The van der Waals surface area contributed by atoms with Gasteiger partial charge < -0.3 is 15.4 Å². The zero-order chi connectivity index (χ0) is 15.4. The molecule has 0 bridgehead atoms. The van der Waals surface area contributed by atoms with Crippen LogP contribution in [0.3, 0.4) is 0 Å². The van der Waals surface area contributed by atoms with Crippen molar-refractivity contribution in [2.45, 2.75) is 38.0 Å². The molecule has 1 unspecified atom stereocenters. The number of methoxy groups -OCH3 is 1. The molecule has 1 amide bonds. The van der Waals surface area contributed by atoms with Crippen LogP contribution in [-0.2, 0) is 16.1 Å². The average molecular weight is 315 g/mol. The van der Waals surface area contributed by atoms with Crippen molar-refractivity contribution in [3.63, 3.8) is 0 Å². The lowest BCUT2D eigenvalue weighted by Crippen LogP contribution is -2.37. The molecule has 2 rings (SSSR count). The second-order valence-electron chi connectivity index (χ2n) is 5.25. The quantitative estimate of drug-likeness (QED) is 0.840. The molecule has 1 aromatic rings. The van der Waals surface area contributed by atoms with Crippen LogP contribution >= 0.6 is 11.6 Å². The fourth-order valence-corrected chi connectivity index (χ4v) is 2.46. The van der Waals surface area contributed by atoms with Crippen LogP contribution in [0, 0.1) is 5.82 Å². The first-order valence-electron chi connectivity index (χ1n) is 7.02. The molecule has 1 atom stereocenters. The van der Waals surface area contributed by atoms with Crippen molar-refractivity contribution < 1.29 is 13.9 Å². The van der Waals surface area contributed by atoms with Crippen LogP contribution < -0.4 is 5.73 Å². The minimum Gasteiger partial charge on any atom is -0.380 e. The first kappa shape index (κ1) is 16.2. The van der Waals surface area contributed by atoms with Gasteiger partial charge in [0, 0.05) is 30.3 Å². The SMILES string of the molecule is COC(CN)CC(=O)N(Cc1c(F)cccc1Cl)C1CC1. The summed E-state index contributed by atoms with van der Waals surface area (Å²) in [6, 6.07) is 4.71. The van der Waals surface area contributed by atoms with Gasteiger partial charge in [0.2, 0.25) is 5.91 Å². The number of nitrogens with two attached hydrogens (primary N) is 1. The van der Waals surface area contributed by atoms with E-state index in [1.54, 1.807) is 17.0 Å². The summed E-state index contributed by atoms with van der Waals surface area (Å²) in [6.07, 6.45) is 1.78. The van der Waals surface area contributed by atoms with Gasteiger partial charge in [-0.2, -0.15) is 0 Å². The summed E-state index contributed by atoms with van der Waals surface area (Å²) >= 11 is 6.04. The van der Waals surface area contributed by atoms with Crippen LogP contribution in [0.1, 0.15) is 24.8 Å². The van der Waals surface area contributed by atoms with Crippen molar-refractivity contribution in [1.82, 2.24) is 4.90 Å². The molecule has 1 aliphatic rings. The Bertz CT molecular complexity index is 484. The normalized spacial score (nSPS) is 15.8. The van der Waals surface area contributed by atoms with Gasteiger partial charge in [0.1, 0.15) is 5.82 Å². The van der Waals surface area contributed by atoms with Crippen LogP contribution in [0.5, 0.6) is 0 Å². The van der Waals surface area contributed by atoms with Gasteiger partial charge in [-0.05, 0) is 25.0 Å². The number of hydrogen-bond donors (Lipinski definition) is 1. The van der Waals surface area contributed by atoms with Crippen molar-refractivity contribution in [3.8, 4) is 0 Å². The molecule has 0 spiro atoms. The van der Waals surface area contributed by atoms with E-state index in [9.17, 15) is 9.18 Å². The second kappa shape index (κ2) is 7.20. The molecule has 0 saturated heterocycles. The Morgan fingerprint density at radius 1 is 1.57 bits per heavy atom. The van der Waals surface area contributed by atoms with Crippen LogP contribution in [0.25, 0.3) is 0 Å². The molecular weight excluding hydrogens is 295 g/mol. The van der Waals surface area contributed by atoms with Gasteiger partial charge in [-0.25, -0.2) is 4.39 Å². The molecule has 0 heterocycles. The number of carbonyl (C=O) groups excluding carboxylic acids is 1. The predicted molar refractivity (Wildman–Crippen MR) is 79.5 cm³/mol. The standard InChI is InChI=1S/C15H20ClFN2O2/c1-21-11(8-18)7-15(20)19(10-5-6-10)9-12-13(16)3-2-4-14(12)17/h2-4,10-11H,5-9,18H2,1H3. The van der Waals surface area contributed by atoms with Crippen LogP contribution in [0.4, 0.5) is 4.39 Å². The molecule has 21 heavy (non-hydrogen) atoms. The molecule has 0 radical (unpaired) electrons. The molecule has 116 valence electrons. The average Bonchev–Trinajstić information content (AvgIpc) is 3.28. The van der Waals surface area contributed by atoms with E-state index in [2.05, 4.69) is 0 Å². The summed E-state index contributed by atoms with van der Waals surface area (Å²) < 4.78 is 19.0. The van der Waals surface area contributed by atoms with Gasteiger partial charge in [-0.1, -0.05) is 17.7 Å². The highest BCUT2D eigenvalue weighted by atomic mass is 35.5. The van der Waals surface area contributed by atoms with E-state index in [4.69, 9.17) is 22.1 Å². The third-order valence-electron chi connectivity index (χ3n) is 3.70. The lowest BCUT2D eigenvalue weighted by atomic mass is 10.1. The monoisotopic (exact) mass is 314 g/mol. The third kappa shape index (κ3) is 4.15. The van der Waals surface area contributed by atoms with E-state index >= 15 is 0 Å². The number of ether oxygens (including phenoxy) is 1. The van der Waals surface area contributed by atoms with Gasteiger partial charge in [0.15, 0.2) is 0 Å². The summed E-state index contributed by atoms with van der Waals surface area (Å²) in [5.41, 5.74) is 5.91. The highest BCUT2D eigenvalue weighted by Crippen LogP contribution is 2.31. The maximum atomic E-state index is 13.9. The summed E-state index contributed by atoms with van der Waals surface area (Å²) in [4.78, 5) is 14.1. The maximum absolute atomic E-state index is 13.9. The Morgan fingerprint density at radius 2 is 2.29 bits per heavy atom. The number of benzene rings is 1. The molecule has 2 N–H and O–H groups in total.